The summed E-state index contributed by atoms with van der Waals surface area (Å²) in [5, 5.41) is 1.83. The lowest BCUT2D eigenvalue weighted by Gasteiger charge is -2.06. The zero-order valence-corrected chi connectivity index (χ0v) is 9.80. The molecule has 2 heteroatoms. The normalized spacial score (nSPS) is 10.9. The van der Waals surface area contributed by atoms with Crippen molar-refractivity contribution in [2.75, 3.05) is 0 Å². The number of pyridine rings is 1. The number of nitrogens with zero attached hydrogens (tertiary/aromatic N) is 1. The molecule has 1 aromatic heterocycles. The quantitative estimate of drug-likeness (QED) is 0.696. The largest absolute Gasteiger partial charge is 0.236 e. The maximum atomic E-state index is 6.12. The van der Waals surface area contributed by atoms with Crippen molar-refractivity contribution in [3.63, 3.8) is 0 Å². The van der Waals surface area contributed by atoms with Gasteiger partial charge in [0, 0.05) is 5.39 Å². The van der Waals surface area contributed by atoms with Crippen molar-refractivity contribution < 1.29 is 0 Å². The van der Waals surface area contributed by atoms with Crippen molar-refractivity contribution in [1.29, 1.82) is 0 Å². The van der Waals surface area contributed by atoms with Crippen LogP contribution in [0.25, 0.3) is 10.9 Å². The first-order valence-electron chi connectivity index (χ1n) is 5.33. The minimum absolute atomic E-state index is 0.644. The molecule has 0 saturated carbocycles. The van der Waals surface area contributed by atoms with Gasteiger partial charge in [0.15, 0.2) is 0 Å². The maximum absolute atomic E-state index is 6.12. The predicted molar refractivity (Wildman–Crippen MR) is 65.5 cm³/mol. The molecule has 0 spiro atoms. The third-order valence-corrected chi connectivity index (χ3v) is 3.04. The summed E-state index contributed by atoms with van der Waals surface area (Å²) in [7, 11) is 0. The number of aromatic nitrogens is 1. The Hall–Kier alpha value is -1.08. The molecular formula is C13H14ClN. The van der Waals surface area contributed by atoms with Crippen LogP contribution in [-0.2, 0) is 12.8 Å². The van der Waals surface area contributed by atoms with Crippen molar-refractivity contribution >= 4 is 22.5 Å². The van der Waals surface area contributed by atoms with Gasteiger partial charge in [0.25, 0.3) is 0 Å². The highest BCUT2D eigenvalue weighted by molar-refractivity contribution is 6.30. The SMILES string of the molecule is CCc1cc2cccc(CC)c2nc1Cl. The highest BCUT2D eigenvalue weighted by Gasteiger charge is 2.05. The van der Waals surface area contributed by atoms with E-state index in [-0.39, 0.29) is 0 Å². The van der Waals surface area contributed by atoms with Gasteiger partial charge in [-0.05, 0) is 30.0 Å². The lowest BCUT2D eigenvalue weighted by atomic mass is 10.1. The summed E-state index contributed by atoms with van der Waals surface area (Å²) in [6.45, 7) is 4.23. The van der Waals surface area contributed by atoms with E-state index >= 15 is 0 Å². The van der Waals surface area contributed by atoms with E-state index in [1.54, 1.807) is 0 Å². The zero-order chi connectivity index (χ0) is 10.8. The molecule has 0 aliphatic carbocycles. The lowest BCUT2D eigenvalue weighted by Crippen LogP contribution is -1.92. The maximum Gasteiger partial charge on any atom is 0.132 e. The van der Waals surface area contributed by atoms with Crippen LogP contribution in [0.5, 0.6) is 0 Å². The van der Waals surface area contributed by atoms with E-state index in [2.05, 4.69) is 43.1 Å². The van der Waals surface area contributed by atoms with Crippen LogP contribution in [0.2, 0.25) is 5.15 Å². The first-order chi connectivity index (χ1) is 7.26. The van der Waals surface area contributed by atoms with E-state index in [1.165, 1.54) is 10.9 Å². The summed E-state index contributed by atoms with van der Waals surface area (Å²) in [5.41, 5.74) is 3.43. The summed E-state index contributed by atoms with van der Waals surface area (Å²) < 4.78 is 0. The van der Waals surface area contributed by atoms with E-state index in [0.29, 0.717) is 5.15 Å². The number of para-hydroxylation sites is 1. The molecule has 15 heavy (non-hydrogen) atoms. The van der Waals surface area contributed by atoms with Gasteiger partial charge in [0.2, 0.25) is 0 Å². The third kappa shape index (κ3) is 1.84. The molecule has 1 aromatic carbocycles. The van der Waals surface area contributed by atoms with Gasteiger partial charge in [-0.2, -0.15) is 0 Å². The monoisotopic (exact) mass is 219 g/mol. The highest BCUT2D eigenvalue weighted by Crippen LogP contribution is 2.23. The molecule has 0 aliphatic rings. The fraction of sp³-hybridized carbons (Fsp3) is 0.308. The summed E-state index contributed by atoms with van der Waals surface area (Å²) in [6.07, 6.45) is 1.92. The molecule has 0 N–H and O–H groups in total. The van der Waals surface area contributed by atoms with E-state index < -0.39 is 0 Å². The topological polar surface area (TPSA) is 12.9 Å². The molecule has 0 unspecified atom stereocenters. The first kappa shape index (κ1) is 10.4. The van der Waals surface area contributed by atoms with Gasteiger partial charge in [0.1, 0.15) is 5.15 Å². The second kappa shape index (κ2) is 4.19. The van der Waals surface area contributed by atoms with Gasteiger partial charge in [-0.25, -0.2) is 4.98 Å². The fourth-order valence-corrected chi connectivity index (χ4v) is 2.09. The number of halogens is 1. The number of hydrogen-bond donors (Lipinski definition) is 0. The van der Waals surface area contributed by atoms with Crippen molar-refractivity contribution in [3.05, 3.63) is 40.5 Å². The molecule has 0 fully saturated rings. The smallest absolute Gasteiger partial charge is 0.132 e. The van der Waals surface area contributed by atoms with E-state index in [9.17, 15) is 0 Å². The van der Waals surface area contributed by atoms with Gasteiger partial charge >= 0.3 is 0 Å². The van der Waals surface area contributed by atoms with Gasteiger partial charge in [-0.1, -0.05) is 43.6 Å². The Bertz CT molecular complexity index is 491. The second-order valence-electron chi connectivity index (χ2n) is 3.63. The van der Waals surface area contributed by atoms with Crippen molar-refractivity contribution in [3.8, 4) is 0 Å². The summed E-state index contributed by atoms with van der Waals surface area (Å²) in [5.74, 6) is 0. The lowest BCUT2D eigenvalue weighted by molar-refractivity contribution is 1.10. The average molecular weight is 220 g/mol. The minimum Gasteiger partial charge on any atom is -0.236 e. The Kier molecular flexibility index (Phi) is 2.92. The van der Waals surface area contributed by atoms with Crippen molar-refractivity contribution in [2.24, 2.45) is 0 Å². The standard InChI is InChI=1S/C13H14ClN/c1-3-9-6-5-7-11-8-10(4-2)13(14)15-12(9)11/h5-8H,3-4H2,1-2H3. The van der Waals surface area contributed by atoms with Crippen LogP contribution in [-0.4, -0.2) is 4.98 Å². The van der Waals surface area contributed by atoms with Crippen LogP contribution in [0, 0.1) is 0 Å². The van der Waals surface area contributed by atoms with Crippen molar-refractivity contribution in [1.82, 2.24) is 4.98 Å². The first-order valence-corrected chi connectivity index (χ1v) is 5.71. The third-order valence-electron chi connectivity index (χ3n) is 2.72. The Morgan fingerprint density at radius 2 is 1.87 bits per heavy atom. The Labute approximate surface area is 95.1 Å². The molecule has 0 saturated heterocycles. The molecule has 1 heterocycles. The summed E-state index contributed by atoms with van der Waals surface area (Å²) >= 11 is 6.12. The van der Waals surface area contributed by atoms with Gasteiger partial charge in [-0.15, -0.1) is 0 Å². The second-order valence-corrected chi connectivity index (χ2v) is 3.99. The molecule has 0 bridgehead atoms. The summed E-state index contributed by atoms with van der Waals surface area (Å²) in [4.78, 5) is 4.48. The Morgan fingerprint density at radius 3 is 2.53 bits per heavy atom. The Balaban J connectivity index is 2.74. The van der Waals surface area contributed by atoms with Gasteiger partial charge in [-0.3, -0.25) is 0 Å². The van der Waals surface area contributed by atoms with Crippen LogP contribution in [0.1, 0.15) is 25.0 Å². The molecule has 2 aromatic rings. The van der Waals surface area contributed by atoms with E-state index in [1.807, 2.05) is 0 Å². The van der Waals surface area contributed by atoms with Crippen LogP contribution < -0.4 is 0 Å². The predicted octanol–water partition coefficient (Wildman–Crippen LogP) is 4.01. The molecular weight excluding hydrogens is 206 g/mol. The van der Waals surface area contributed by atoms with Crippen LogP contribution >= 0.6 is 11.6 Å². The number of rotatable bonds is 2. The average Bonchev–Trinajstić information content (AvgIpc) is 2.27. The highest BCUT2D eigenvalue weighted by atomic mass is 35.5. The number of hydrogen-bond acceptors (Lipinski definition) is 1. The van der Waals surface area contributed by atoms with Gasteiger partial charge < -0.3 is 0 Å². The fourth-order valence-electron chi connectivity index (χ4n) is 1.81. The molecule has 78 valence electrons. The molecule has 0 amide bonds. The van der Waals surface area contributed by atoms with Gasteiger partial charge in [0.05, 0.1) is 5.52 Å². The number of aryl methyl sites for hydroxylation is 2. The summed E-state index contributed by atoms with van der Waals surface area (Å²) in [6, 6.07) is 8.42. The minimum atomic E-state index is 0.644. The molecule has 0 radical (unpaired) electrons. The van der Waals surface area contributed by atoms with Crippen molar-refractivity contribution in [2.45, 2.75) is 26.7 Å². The van der Waals surface area contributed by atoms with Crippen LogP contribution in [0.4, 0.5) is 0 Å². The molecule has 0 aliphatic heterocycles. The molecule has 1 nitrogen and oxygen atoms in total. The molecule has 0 atom stereocenters. The Morgan fingerprint density at radius 1 is 1.13 bits per heavy atom. The number of benzene rings is 1. The van der Waals surface area contributed by atoms with Crippen LogP contribution in [0.3, 0.4) is 0 Å². The number of fused-ring (bicyclic) bond motifs is 1. The van der Waals surface area contributed by atoms with E-state index in [4.69, 9.17) is 11.6 Å². The van der Waals surface area contributed by atoms with Crippen LogP contribution in [0.15, 0.2) is 24.3 Å². The zero-order valence-electron chi connectivity index (χ0n) is 9.05. The van der Waals surface area contributed by atoms with E-state index in [0.717, 1.165) is 23.9 Å². The molecule has 2 rings (SSSR count).